The number of benzene rings is 3. The van der Waals surface area contributed by atoms with Gasteiger partial charge in [0.05, 0.1) is 52.2 Å². The van der Waals surface area contributed by atoms with E-state index >= 15 is 0 Å². The number of methoxy groups -OCH3 is 2. The van der Waals surface area contributed by atoms with Crippen molar-refractivity contribution in [3.05, 3.63) is 106 Å². The molecule has 1 amide bonds. The highest BCUT2D eigenvalue weighted by atomic mass is 79.9. The molecule has 14 heteroatoms. The van der Waals surface area contributed by atoms with Gasteiger partial charge in [0.25, 0.3) is 11.5 Å². The van der Waals surface area contributed by atoms with Crippen LogP contribution in [0.1, 0.15) is 36.6 Å². The van der Waals surface area contributed by atoms with Crippen molar-refractivity contribution in [1.29, 1.82) is 0 Å². The fourth-order valence-electron chi connectivity index (χ4n) is 5.11. The van der Waals surface area contributed by atoms with Crippen molar-refractivity contribution >= 4 is 62.5 Å². The van der Waals surface area contributed by atoms with Gasteiger partial charge in [-0.25, -0.2) is 9.79 Å². The molecule has 1 aliphatic heterocycles. The van der Waals surface area contributed by atoms with Gasteiger partial charge in [-0.15, -0.1) is 0 Å². The van der Waals surface area contributed by atoms with Gasteiger partial charge in [-0.05, 0) is 90.3 Å². The van der Waals surface area contributed by atoms with Crippen molar-refractivity contribution in [3.8, 4) is 23.0 Å². The molecule has 0 radical (unpaired) electrons. The van der Waals surface area contributed by atoms with E-state index in [4.69, 9.17) is 30.5 Å². The van der Waals surface area contributed by atoms with Gasteiger partial charge in [-0.1, -0.05) is 40.6 Å². The summed E-state index contributed by atoms with van der Waals surface area (Å²) >= 11 is 11.0. The predicted molar refractivity (Wildman–Crippen MR) is 186 cm³/mol. The van der Waals surface area contributed by atoms with Crippen LogP contribution >= 0.6 is 38.9 Å². The number of halogens is 2. The lowest BCUT2D eigenvalue weighted by Crippen LogP contribution is -2.39. The first kappa shape index (κ1) is 34.7. The number of phenolic OH excluding ortho intramolecular Hbond substituents is 1. The second-order valence-electron chi connectivity index (χ2n) is 10.6. The quantitative estimate of drug-likeness (QED) is 0.209. The number of nitrogens with zero attached hydrogens (tertiary/aromatic N) is 2. The minimum absolute atomic E-state index is 0.0198. The molecule has 1 aromatic heterocycles. The Kier molecular flexibility index (Phi) is 10.6. The van der Waals surface area contributed by atoms with Crippen molar-refractivity contribution in [2.24, 2.45) is 4.99 Å². The molecule has 0 bridgehead atoms. The second-order valence-corrected chi connectivity index (χ2v) is 12.9. The first-order valence-electron chi connectivity index (χ1n) is 14.6. The summed E-state index contributed by atoms with van der Waals surface area (Å²) in [7, 11) is 2.61. The number of allylic oxidation sites excluding steroid dienone is 1. The van der Waals surface area contributed by atoms with E-state index in [0.717, 1.165) is 16.9 Å². The van der Waals surface area contributed by atoms with Gasteiger partial charge in [-0.3, -0.25) is 14.2 Å². The number of carbonyl (C=O) groups is 2. The average molecular weight is 757 g/mol. The summed E-state index contributed by atoms with van der Waals surface area (Å²) in [5.74, 6) is -0.533. The number of ether oxygens (including phenoxy) is 4. The van der Waals surface area contributed by atoms with E-state index in [9.17, 15) is 19.5 Å². The number of esters is 1. The van der Waals surface area contributed by atoms with Crippen molar-refractivity contribution in [3.63, 3.8) is 0 Å². The third kappa shape index (κ3) is 7.13. The zero-order valence-electron chi connectivity index (χ0n) is 26.6. The molecule has 48 heavy (non-hydrogen) atoms. The Bertz CT molecular complexity index is 2130. The van der Waals surface area contributed by atoms with Crippen molar-refractivity contribution < 1.29 is 33.6 Å². The van der Waals surface area contributed by atoms with Gasteiger partial charge in [0.15, 0.2) is 34.4 Å². The van der Waals surface area contributed by atoms with Crippen LogP contribution in [-0.2, 0) is 14.3 Å². The molecular weight excluding hydrogens is 726 g/mol. The Labute approximate surface area is 292 Å². The van der Waals surface area contributed by atoms with Crippen LogP contribution < -0.4 is 34.4 Å². The molecule has 0 fully saturated rings. The Hall–Kier alpha value is -4.59. The molecule has 0 spiro atoms. The highest BCUT2D eigenvalue weighted by Gasteiger charge is 2.34. The maximum Gasteiger partial charge on any atom is 0.338 e. The number of hydrogen-bond donors (Lipinski definition) is 2. The van der Waals surface area contributed by atoms with E-state index in [1.165, 1.54) is 30.9 Å². The smallest absolute Gasteiger partial charge is 0.338 e. The van der Waals surface area contributed by atoms with Crippen LogP contribution in [0.4, 0.5) is 5.69 Å². The number of anilines is 1. The van der Waals surface area contributed by atoms with Gasteiger partial charge < -0.3 is 29.4 Å². The van der Waals surface area contributed by atoms with Crippen LogP contribution in [0.15, 0.2) is 74.1 Å². The summed E-state index contributed by atoms with van der Waals surface area (Å²) in [6.07, 6.45) is 1.67. The topological polar surface area (TPSA) is 138 Å². The molecule has 0 saturated heterocycles. The van der Waals surface area contributed by atoms with Crippen LogP contribution in [0.2, 0.25) is 5.02 Å². The molecule has 0 saturated carbocycles. The fourth-order valence-corrected chi connectivity index (χ4v) is 6.95. The predicted octanol–water partition coefficient (Wildman–Crippen LogP) is 5.26. The van der Waals surface area contributed by atoms with Gasteiger partial charge in [-0.2, -0.15) is 0 Å². The first-order valence-corrected chi connectivity index (χ1v) is 16.6. The highest BCUT2D eigenvalue weighted by molar-refractivity contribution is 9.10. The van der Waals surface area contributed by atoms with Gasteiger partial charge in [0.1, 0.15) is 0 Å². The Morgan fingerprint density at radius 3 is 2.50 bits per heavy atom. The summed E-state index contributed by atoms with van der Waals surface area (Å²) in [5.41, 5.74) is 2.80. The average Bonchev–Trinajstić information content (AvgIpc) is 3.35. The fraction of sp³-hybridized carbons (Fsp3) is 0.235. The number of carbonyl (C=O) groups excluding carboxylic acids is 2. The summed E-state index contributed by atoms with van der Waals surface area (Å²) in [6, 6.07) is 12.9. The third-order valence-corrected chi connectivity index (χ3v) is 9.19. The lowest BCUT2D eigenvalue weighted by molar-refractivity contribution is -0.136. The standard InChI is InChI=1S/C34H31BrClN3O8S/c1-6-46-25-12-19(11-22(35)31(25)47-16-27(40)38-21-9-7-17(2)8-10-21)13-26-32(42)39-29(20-14-23(36)30(41)24(15-20)44-4)28(33(43)45-5)18(3)37-34(39)48-26/h7-15,29,41H,6,16H2,1-5H3,(H,38,40)/b26-13+/t29-/m0/s1. The number of amides is 1. The van der Waals surface area contributed by atoms with E-state index in [0.29, 0.717) is 54.4 Å². The lowest BCUT2D eigenvalue weighted by Gasteiger charge is -2.25. The SMILES string of the molecule is CCOc1cc(/C=c2/sc3n(c2=O)[C@@H](c2cc(Cl)c(O)c(OC)c2)C(C(=O)OC)=C(C)N=3)cc(Br)c1OCC(=O)Nc1ccc(C)cc1. The molecule has 1 aliphatic rings. The van der Waals surface area contributed by atoms with Crippen LogP contribution in [0.5, 0.6) is 23.0 Å². The number of aryl methyl sites for hydroxylation is 1. The van der Waals surface area contributed by atoms with Crippen molar-refractivity contribution in [2.45, 2.75) is 26.8 Å². The van der Waals surface area contributed by atoms with Crippen molar-refractivity contribution in [1.82, 2.24) is 4.57 Å². The van der Waals surface area contributed by atoms with Crippen LogP contribution in [0.25, 0.3) is 6.08 Å². The molecule has 4 aromatic rings. The second kappa shape index (κ2) is 14.7. The Morgan fingerprint density at radius 1 is 1.10 bits per heavy atom. The minimum atomic E-state index is -0.976. The monoisotopic (exact) mass is 755 g/mol. The van der Waals surface area contributed by atoms with Crippen LogP contribution in [0.3, 0.4) is 0 Å². The molecular formula is C34H31BrClN3O8S. The van der Waals surface area contributed by atoms with Crippen LogP contribution in [-0.4, -0.2) is 49.0 Å². The summed E-state index contributed by atoms with van der Waals surface area (Å²) in [5, 5.41) is 13.1. The largest absolute Gasteiger partial charge is 0.503 e. The molecule has 250 valence electrons. The number of nitrogens with one attached hydrogen (secondary N) is 1. The molecule has 2 N–H and O–H groups in total. The summed E-state index contributed by atoms with van der Waals surface area (Å²) in [6.45, 7) is 5.48. The van der Waals surface area contributed by atoms with Crippen molar-refractivity contribution in [2.75, 3.05) is 32.8 Å². The highest BCUT2D eigenvalue weighted by Crippen LogP contribution is 2.40. The number of thiazole rings is 1. The molecule has 2 heterocycles. The van der Waals surface area contributed by atoms with Gasteiger partial charge in [0.2, 0.25) is 0 Å². The first-order chi connectivity index (χ1) is 22.9. The number of phenols is 1. The Morgan fingerprint density at radius 2 is 1.83 bits per heavy atom. The molecule has 0 unspecified atom stereocenters. The zero-order valence-corrected chi connectivity index (χ0v) is 29.7. The van der Waals surface area contributed by atoms with Gasteiger partial charge >= 0.3 is 5.97 Å². The van der Waals surface area contributed by atoms with E-state index in [1.807, 2.05) is 38.1 Å². The number of aromatic nitrogens is 1. The minimum Gasteiger partial charge on any atom is -0.503 e. The Balaban J connectivity index is 1.54. The zero-order chi connectivity index (χ0) is 34.7. The maximum absolute atomic E-state index is 14.1. The third-order valence-electron chi connectivity index (χ3n) is 7.33. The van der Waals surface area contributed by atoms with E-state index in [1.54, 1.807) is 25.1 Å². The number of rotatable bonds is 10. The normalized spacial score (nSPS) is 14.2. The van der Waals surface area contributed by atoms with E-state index in [2.05, 4.69) is 26.2 Å². The molecule has 0 aliphatic carbocycles. The van der Waals surface area contributed by atoms with Gasteiger partial charge in [0, 0.05) is 5.69 Å². The number of fused-ring (bicyclic) bond motifs is 1. The number of aromatic hydroxyl groups is 1. The molecule has 5 rings (SSSR count). The molecule has 1 atom stereocenters. The molecule has 3 aromatic carbocycles. The molecule has 11 nitrogen and oxygen atoms in total. The van der Waals surface area contributed by atoms with E-state index in [-0.39, 0.29) is 34.6 Å². The maximum atomic E-state index is 14.1. The lowest BCUT2D eigenvalue weighted by atomic mass is 9.95. The van der Waals surface area contributed by atoms with E-state index < -0.39 is 17.6 Å². The number of hydrogen-bond acceptors (Lipinski definition) is 10. The summed E-state index contributed by atoms with van der Waals surface area (Å²) in [4.78, 5) is 44.6. The summed E-state index contributed by atoms with van der Waals surface area (Å²) < 4.78 is 24.3. The van der Waals surface area contributed by atoms with Crippen LogP contribution in [0, 0.1) is 6.92 Å².